The second-order valence-corrected chi connectivity index (χ2v) is 7.27. The Morgan fingerprint density at radius 2 is 2.03 bits per heavy atom. The molecule has 0 atom stereocenters. The average molecular weight is 454 g/mol. The van der Waals surface area contributed by atoms with E-state index in [0.717, 1.165) is 18.6 Å². The van der Waals surface area contributed by atoms with Crippen LogP contribution in [0.15, 0.2) is 30.6 Å². The first-order valence-electron chi connectivity index (χ1n) is 8.82. The molecule has 0 aliphatic rings. The molecule has 0 bridgehead atoms. The Morgan fingerprint density at radius 3 is 2.68 bits per heavy atom. The molecule has 0 aliphatic carbocycles. The fourth-order valence-corrected chi connectivity index (χ4v) is 3.00. The van der Waals surface area contributed by atoms with Gasteiger partial charge in [-0.15, -0.1) is 0 Å². The molecule has 0 aliphatic heterocycles. The molecule has 31 heavy (non-hydrogen) atoms. The molecule has 3 aromatic rings. The number of halogens is 3. The van der Waals surface area contributed by atoms with E-state index in [1.54, 1.807) is 18.3 Å². The van der Waals surface area contributed by atoms with E-state index in [2.05, 4.69) is 24.6 Å². The minimum atomic E-state index is -4.68. The first-order valence-corrected chi connectivity index (χ1v) is 9.59. The van der Waals surface area contributed by atoms with Gasteiger partial charge in [-0.3, -0.25) is 9.88 Å². The zero-order chi connectivity index (χ0) is 22.8. The normalized spacial score (nSPS) is 11.5. The number of carboxylic acid groups (broad SMARTS) is 1. The largest absolute Gasteiger partial charge is 0.491 e. The molecule has 0 radical (unpaired) electrons. The van der Waals surface area contributed by atoms with Gasteiger partial charge in [-0.25, -0.2) is 9.78 Å². The van der Waals surface area contributed by atoms with Crippen LogP contribution < -0.4 is 15.0 Å². The van der Waals surface area contributed by atoms with Crippen LogP contribution in [0, 0.1) is 0 Å². The quantitative estimate of drug-likeness (QED) is 0.553. The Morgan fingerprint density at radius 1 is 1.29 bits per heavy atom. The third-order valence-electron chi connectivity index (χ3n) is 3.83. The van der Waals surface area contributed by atoms with Crippen LogP contribution >= 0.6 is 11.5 Å². The van der Waals surface area contributed by atoms with Crippen molar-refractivity contribution >= 4 is 34.3 Å². The van der Waals surface area contributed by atoms with E-state index in [9.17, 15) is 23.1 Å². The predicted molar refractivity (Wildman–Crippen MR) is 108 cm³/mol. The smallest absolute Gasteiger partial charge is 0.417 e. The van der Waals surface area contributed by atoms with Gasteiger partial charge in [0.15, 0.2) is 11.6 Å². The molecule has 3 heterocycles. The Hall–Kier alpha value is -3.48. The molecule has 3 aromatic heterocycles. The number of ether oxygens (including phenoxy) is 1. The lowest BCUT2D eigenvalue weighted by molar-refractivity contribution is -0.137. The number of nitrogens with one attached hydrogen (secondary N) is 1. The number of carbonyl (C=O) groups is 1. The third kappa shape index (κ3) is 5.36. The van der Waals surface area contributed by atoms with E-state index in [-0.39, 0.29) is 28.6 Å². The van der Waals surface area contributed by atoms with Gasteiger partial charge in [0.05, 0.1) is 17.4 Å². The Labute approximate surface area is 178 Å². The summed E-state index contributed by atoms with van der Waals surface area (Å²) in [6, 6.07) is 4.04. The van der Waals surface area contributed by atoms with Gasteiger partial charge in [-0.1, -0.05) is 0 Å². The molecule has 0 aromatic carbocycles. The minimum Gasteiger partial charge on any atom is -0.491 e. The summed E-state index contributed by atoms with van der Waals surface area (Å²) in [7, 11) is 1.11. The van der Waals surface area contributed by atoms with Crippen molar-refractivity contribution in [3.05, 3.63) is 36.2 Å². The zero-order valence-electron chi connectivity index (χ0n) is 16.5. The maximum absolute atomic E-state index is 13.0. The molecule has 9 nitrogen and oxygen atoms in total. The highest BCUT2D eigenvalue weighted by molar-refractivity contribution is 7.09. The maximum Gasteiger partial charge on any atom is 0.417 e. The molecule has 0 fully saturated rings. The van der Waals surface area contributed by atoms with Crippen LogP contribution in [0.25, 0.3) is 11.5 Å². The number of alkyl halides is 3. The van der Waals surface area contributed by atoms with Crippen LogP contribution in [0.5, 0.6) is 5.75 Å². The number of nitrogens with zero attached hydrogens (tertiary/aromatic N) is 5. The van der Waals surface area contributed by atoms with Crippen LogP contribution in [-0.4, -0.2) is 43.7 Å². The van der Waals surface area contributed by atoms with Crippen LogP contribution in [0.4, 0.5) is 34.6 Å². The molecule has 0 unspecified atom stereocenters. The van der Waals surface area contributed by atoms with E-state index in [1.165, 1.54) is 0 Å². The summed E-state index contributed by atoms with van der Waals surface area (Å²) in [5.74, 6) is 0.728. The number of amides is 1. The Kier molecular flexibility index (Phi) is 6.24. The van der Waals surface area contributed by atoms with E-state index < -0.39 is 17.8 Å². The molecular weight excluding hydrogens is 437 g/mol. The Bertz CT molecular complexity index is 1090. The highest BCUT2D eigenvalue weighted by Gasteiger charge is 2.33. The highest BCUT2D eigenvalue weighted by Crippen LogP contribution is 2.35. The SMILES string of the molecule is CC(C)Oc1ccnc(-c2nsc(Nc3ncc(C(F)(F)F)cc3N(C)C(=O)O)n2)c1. The second kappa shape index (κ2) is 8.71. The van der Waals surface area contributed by atoms with Crippen LogP contribution in [0.1, 0.15) is 19.4 Å². The molecule has 13 heteroatoms. The fourth-order valence-electron chi connectivity index (χ4n) is 2.42. The molecule has 0 saturated carbocycles. The zero-order valence-corrected chi connectivity index (χ0v) is 17.3. The average Bonchev–Trinajstić information content (AvgIpc) is 3.15. The lowest BCUT2D eigenvalue weighted by atomic mass is 10.2. The van der Waals surface area contributed by atoms with Gasteiger partial charge < -0.3 is 15.2 Å². The van der Waals surface area contributed by atoms with Crippen molar-refractivity contribution in [3.63, 3.8) is 0 Å². The van der Waals surface area contributed by atoms with Gasteiger partial charge in [-0.05, 0) is 26.0 Å². The van der Waals surface area contributed by atoms with Crippen LogP contribution in [0.2, 0.25) is 0 Å². The van der Waals surface area contributed by atoms with Gasteiger partial charge in [-0.2, -0.15) is 22.5 Å². The molecule has 1 amide bonds. The number of aromatic nitrogens is 4. The lowest BCUT2D eigenvalue weighted by Gasteiger charge is -2.18. The van der Waals surface area contributed by atoms with Crippen molar-refractivity contribution < 1.29 is 27.8 Å². The van der Waals surface area contributed by atoms with E-state index in [0.29, 0.717) is 28.6 Å². The van der Waals surface area contributed by atoms with Crippen molar-refractivity contribution in [2.75, 3.05) is 17.3 Å². The van der Waals surface area contributed by atoms with Crippen LogP contribution in [-0.2, 0) is 6.18 Å². The van der Waals surface area contributed by atoms with Crippen molar-refractivity contribution in [1.29, 1.82) is 0 Å². The molecule has 0 saturated heterocycles. The fraction of sp³-hybridized carbons (Fsp3) is 0.278. The monoisotopic (exact) mass is 454 g/mol. The van der Waals surface area contributed by atoms with Gasteiger partial charge in [0, 0.05) is 37.0 Å². The summed E-state index contributed by atoms with van der Waals surface area (Å²) in [6.45, 7) is 3.76. The van der Waals surface area contributed by atoms with E-state index in [1.807, 2.05) is 13.8 Å². The van der Waals surface area contributed by atoms with E-state index >= 15 is 0 Å². The predicted octanol–water partition coefficient (Wildman–Crippen LogP) is 4.66. The van der Waals surface area contributed by atoms with Gasteiger partial charge >= 0.3 is 12.3 Å². The first kappa shape index (κ1) is 22.2. The van der Waals surface area contributed by atoms with Gasteiger partial charge in [0.25, 0.3) is 0 Å². The molecule has 2 N–H and O–H groups in total. The molecular formula is C18H17F3N6O3S. The number of anilines is 3. The maximum atomic E-state index is 13.0. The molecule has 164 valence electrons. The summed E-state index contributed by atoms with van der Waals surface area (Å²) in [5, 5.41) is 12.1. The van der Waals surface area contributed by atoms with Crippen molar-refractivity contribution in [2.24, 2.45) is 0 Å². The molecule has 0 spiro atoms. The summed E-state index contributed by atoms with van der Waals surface area (Å²) in [5.41, 5.74) is -0.930. The second-order valence-electron chi connectivity index (χ2n) is 6.52. The third-order valence-corrected chi connectivity index (χ3v) is 4.46. The van der Waals surface area contributed by atoms with Crippen molar-refractivity contribution in [2.45, 2.75) is 26.1 Å². The lowest BCUT2D eigenvalue weighted by Crippen LogP contribution is -2.25. The number of hydrogen-bond acceptors (Lipinski definition) is 8. The topological polar surface area (TPSA) is 113 Å². The Balaban J connectivity index is 1.90. The summed E-state index contributed by atoms with van der Waals surface area (Å²) < 4.78 is 48.9. The number of rotatable bonds is 6. The van der Waals surface area contributed by atoms with Crippen molar-refractivity contribution in [3.8, 4) is 17.3 Å². The number of pyridine rings is 2. The summed E-state index contributed by atoms with van der Waals surface area (Å²) >= 11 is 0.916. The van der Waals surface area contributed by atoms with E-state index in [4.69, 9.17) is 4.74 Å². The first-order chi connectivity index (χ1) is 14.5. The van der Waals surface area contributed by atoms with Crippen LogP contribution in [0.3, 0.4) is 0 Å². The summed E-state index contributed by atoms with van der Waals surface area (Å²) in [4.78, 5) is 24.1. The summed E-state index contributed by atoms with van der Waals surface area (Å²) in [6.07, 6.45) is -4.01. The minimum absolute atomic E-state index is 0.0359. The number of hydrogen-bond donors (Lipinski definition) is 2. The van der Waals surface area contributed by atoms with Gasteiger partial charge in [0.1, 0.15) is 11.4 Å². The highest BCUT2D eigenvalue weighted by atomic mass is 32.1. The molecule has 3 rings (SSSR count). The van der Waals surface area contributed by atoms with Gasteiger partial charge in [0.2, 0.25) is 5.13 Å². The standard InChI is InChI=1S/C18H17F3N6O3S/c1-9(2)30-11-4-5-22-12(7-11)14-24-16(31-26-14)25-15-13(27(3)17(28)29)6-10(8-23-15)18(19,20)21/h4-9H,1-3H3,(H,28,29)(H,23,24,25,26). The van der Waals surface area contributed by atoms with Crippen molar-refractivity contribution in [1.82, 2.24) is 19.3 Å².